The van der Waals surface area contributed by atoms with Crippen molar-refractivity contribution >= 4 is 40.1 Å². The summed E-state index contributed by atoms with van der Waals surface area (Å²) in [7, 11) is 0. The molecular weight excluding hydrogens is 1550 g/mol. The molecule has 2 aliphatic heterocycles. The Morgan fingerprint density at radius 3 is 1.36 bits per heavy atom. The molecule has 1 N–H and O–H groups in total. The molecule has 4 aliphatic rings. The Morgan fingerprint density at radius 1 is 0.418 bits per heavy atom. The molecule has 9 aromatic rings. The number of alkyl halides is 2. The Morgan fingerprint density at radius 2 is 0.869 bits per heavy atom. The predicted molar refractivity (Wildman–Crippen MR) is 527 cm³/mol. The minimum Gasteiger partial charge on any atom is -0.491 e. The van der Waals surface area contributed by atoms with Gasteiger partial charge in [-0.05, 0) is 307 Å². The molecule has 10 heteroatoms. The Bertz CT molecular complexity index is 4640. The highest BCUT2D eigenvalue weighted by Crippen LogP contribution is 2.41. The molecular formula is C112H158Cl2F4N2O2. The van der Waals surface area contributed by atoms with Crippen LogP contribution in [0.15, 0.2) is 182 Å². The normalized spacial score (nSPS) is 13.8. The van der Waals surface area contributed by atoms with E-state index in [1.54, 1.807) is 43.2 Å². The van der Waals surface area contributed by atoms with Crippen LogP contribution in [0.4, 0.5) is 28.9 Å². The Balaban J connectivity index is 0.000000288. The first-order chi connectivity index (χ1) is 56.5. The number of anilines is 2. The van der Waals surface area contributed by atoms with Gasteiger partial charge in [-0.2, -0.15) is 0 Å². The van der Waals surface area contributed by atoms with Crippen LogP contribution in [0, 0.1) is 25.5 Å². The second-order valence-electron chi connectivity index (χ2n) is 38.3. The number of benzene rings is 9. The van der Waals surface area contributed by atoms with Gasteiger partial charge in [-0.15, -0.1) is 0 Å². The van der Waals surface area contributed by atoms with Crippen LogP contribution < -0.4 is 14.5 Å². The molecule has 0 radical (unpaired) electrons. The van der Waals surface area contributed by atoms with Gasteiger partial charge >= 0.3 is 0 Å². The minimum absolute atomic E-state index is 0. The maximum absolute atomic E-state index is 14.1. The maximum atomic E-state index is 14.1. The second kappa shape index (κ2) is 49.9. The summed E-state index contributed by atoms with van der Waals surface area (Å²) in [6, 6.07) is 59.1. The first kappa shape index (κ1) is 107. The molecule has 2 heterocycles. The van der Waals surface area contributed by atoms with Gasteiger partial charge < -0.3 is 19.6 Å². The van der Waals surface area contributed by atoms with E-state index >= 15 is 0 Å². The lowest BCUT2D eigenvalue weighted by atomic mass is 9.85. The molecule has 0 saturated carbocycles. The molecule has 0 bridgehead atoms. The highest BCUT2D eigenvalue weighted by atomic mass is 35.5. The molecule has 2 saturated heterocycles. The molecule has 0 aromatic heterocycles. The third-order valence-electron chi connectivity index (χ3n) is 23.3. The molecule has 670 valence electrons. The molecule has 0 spiro atoms. The molecule has 2 aliphatic carbocycles. The van der Waals surface area contributed by atoms with Gasteiger partial charge in [0, 0.05) is 54.4 Å². The second-order valence-corrected chi connectivity index (χ2v) is 39.1. The van der Waals surface area contributed by atoms with E-state index in [0.29, 0.717) is 52.8 Å². The van der Waals surface area contributed by atoms with Crippen molar-refractivity contribution in [1.29, 1.82) is 0 Å². The van der Waals surface area contributed by atoms with Crippen molar-refractivity contribution < 1.29 is 27.4 Å². The van der Waals surface area contributed by atoms with Crippen LogP contribution in [0.1, 0.15) is 393 Å². The van der Waals surface area contributed by atoms with Crippen LogP contribution in [0.25, 0.3) is 5.57 Å². The number of halogens is 6. The Labute approximate surface area is 750 Å². The minimum atomic E-state index is -2.73. The first-order valence-corrected chi connectivity index (χ1v) is 45.9. The van der Waals surface area contributed by atoms with Crippen molar-refractivity contribution in [2.45, 2.75) is 342 Å². The number of rotatable bonds is 16. The van der Waals surface area contributed by atoms with Gasteiger partial charge in [0.15, 0.2) is 0 Å². The van der Waals surface area contributed by atoms with Crippen LogP contribution in [-0.2, 0) is 29.8 Å². The fraction of sp³-hybridized carbons (Fsp3) is 0.500. The quantitative estimate of drug-likeness (QED) is 0.0978. The summed E-state index contributed by atoms with van der Waals surface area (Å²) in [5, 5.41) is 11.5. The molecule has 13 rings (SSSR count). The van der Waals surface area contributed by atoms with Crippen molar-refractivity contribution in [3.05, 3.63) is 304 Å². The molecule has 0 amide bonds. The maximum Gasteiger partial charge on any atom is 0.270 e. The average molecular weight is 1710 g/mol. The smallest absolute Gasteiger partial charge is 0.270 e. The molecule has 122 heavy (non-hydrogen) atoms. The summed E-state index contributed by atoms with van der Waals surface area (Å²) in [4.78, 5) is 4.49. The fourth-order valence-electron chi connectivity index (χ4n) is 14.7. The van der Waals surface area contributed by atoms with Crippen LogP contribution in [0.2, 0.25) is 10.0 Å². The van der Waals surface area contributed by atoms with Gasteiger partial charge in [0.25, 0.3) is 5.92 Å². The largest absolute Gasteiger partial charge is 0.491 e. The van der Waals surface area contributed by atoms with Crippen LogP contribution in [-0.4, -0.2) is 37.4 Å². The van der Waals surface area contributed by atoms with Crippen molar-refractivity contribution in [1.82, 2.24) is 0 Å². The number of allylic oxidation sites excluding steroid dienone is 2. The zero-order valence-corrected chi connectivity index (χ0v) is 81.5. The Hall–Kier alpha value is -7.62. The number of aliphatic hydroxyl groups is 1. The number of hydrogen-bond acceptors (Lipinski definition) is 4. The van der Waals surface area contributed by atoms with E-state index < -0.39 is 11.5 Å². The van der Waals surface area contributed by atoms with E-state index in [1.807, 2.05) is 109 Å². The van der Waals surface area contributed by atoms with E-state index in [-0.39, 0.29) is 42.6 Å². The lowest BCUT2D eigenvalue weighted by molar-refractivity contribution is 0.0173. The SMILES string of the molecule is C.CC(C)c1cc(C(C)(C)O)ccc1Cl.CC(C)c1cc(N2CCCC2)ccc1F.CC(C)c1ccc2c(c1)C(C)(C)CC2.CC(C)c1cccc(C(C)(F)F)c1.CC(C)c1cccc(C(C)C)c1.CC(C)c1cccc(N2CCCC2)c1F.CC1=CCc2ccc(C(C)C)cc21.Cc1ccc(C(C)C)cc1Cl.Cc1ccc(C(C)C)cc1OC(C)C. The van der Waals surface area contributed by atoms with Crippen LogP contribution in [0.5, 0.6) is 5.75 Å². The van der Waals surface area contributed by atoms with Gasteiger partial charge in [0.05, 0.1) is 17.4 Å². The topological polar surface area (TPSA) is 35.9 Å². The predicted octanol–water partition coefficient (Wildman–Crippen LogP) is 34.8. The summed E-state index contributed by atoms with van der Waals surface area (Å²) in [6.45, 7) is 66.9. The zero-order valence-electron chi connectivity index (χ0n) is 80.0. The fourth-order valence-corrected chi connectivity index (χ4v) is 15.2. The third-order valence-corrected chi connectivity index (χ3v) is 24.0. The van der Waals surface area contributed by atoms with Crippen molar-refractivity contribution in [3.8, 4) is 5.75 Å². The lowest BCUT2D eigenvalue weighted by Gasteiger charge is -2.20. The number of ether oxygens (including phenoxy) is 1. The van der Waals surface area contributed by atoms with Crippen molar-refractivity contribution in [3.63, 3.8) is 0 Å². The molecule has 9 aromatic carbocycles. The van der Waals surface area contributed by atoms with Crippen LogP contribution in [0.3, 0.4) is 0 Å². The average Bonchev–Trinajstić information content (AvgIpc) is 1.64. The number of hydrogen-bond donors (Lipinski definition) is 1. The summed E-state index contributed by atoms with van der Waals surface area (Å²) in [5.41, 5.74) is 24.7. The van der Waals surface area contributed by atoms with Gasteiger partial charge in [0.1, 0.15) is 17.4 Å². The standard InChI is InChI=1S/C14H20.2C13H18FN.C13H20O.C13H16.C12H17ClO.C12H18.C11H14F2.C10H13Cl.CH4/c1-10(2)12-6-5-11-7-8-14(3,4)13(11)9-12;1-10(2)11-6-5-7-12(13(11)14)15-8-3-4-9-15;1-10(2)12-9-11(5-6-13(12)14)15-7-3-4-8-15;1-9(2)12-7-6-11(5)13(8-12)14-10(3)4;1-9(2)12-7-6-11-5-4-10(3)13(11)8-12;1-8(2)10-7-9(12(3,4)14)5-6-11(10)13;1-9(2)11-6-5-7-12(8-11)10(3)4;1-8(2)9-5-4-6-10(7-9)11(3,12)13;1-7(2)9-5-4-8(3)10(11)6-9;/h5-6,9-10H,7-8H2,1-4H3;5-7,10H,3-4,8-9H2,1-2H3;5-6,9-10H,3-4,7-8H2,1-2H3;6-10H,1-5H3;4,6-9H,5H2,1-3H3;5-8,14H,1-4H3;5-10H,1-4H3;4-8H,1-3H3;4-7H,1-3H3;1H4. The van der Waals surface area contributed by atoms with Crippen molar-refractivity contribution in [2.75, 3.05) is 36.0 Å². The number of aryl methyl sites for hydroxylation is 3. The molecule has 2 fully saturated rings. The summed E-state index contributed by atoms with van der Waals surface area (Å²) in [6.07, 6.45) is 11.1. The Kier molecular flexibility index (Phi) is 43.7. The monoisotopic (exact) mass is 1710 g/mol. The zero-order chi connectivity index (χ0) is 90.7. The van der Waals surface area contributed by atoms with E-state index in [0.717, 1.165) is 94.4 Å². The van der Waals surface area contributed by atoms with Gasteiger partial charge in [-0.25, -0.2) is 17.6 Å². The molecule has 0 atom stereocenters. The third kappa shape index (κ3) is 33.7. The highest BCUT2D eigenvalue weighted by Gasteiger charge is 2.30. The highest BCUT2D eigenvalue weighted by molar-refractivity contribution is 6.31. The van der Waals surface area contributed by atoms with Gasteiger partial charge in [-0.1, -0.05) is 316 Å². The van der Waals surface area contributed by atoms with Gasteiger partial charge in [0.2, 0.25) is 0 Å². The van der Waals surface area contributed by atoms with E-state index in [2.05, 4.69) is 245 Å². The summed E-state index contributed by atoms with van der Waals surface area (Å²) in [5.74, 6) is 3.08. The number of fused-ring (bicyclic) bond motifs is 2. The summed E-state index contributed by atoms with van der Waals surface area (Å²) < 4.78 is 59.2. The van der Waals surface area contributed by atoms with E-state index in [4.69, 9.17) is 27.9 Å². The van der Waals surface area contributed by atoms with Crippen molar-refractivity contribution in [2.24, 2.45) is 0 Å². The number of nitrogens with zero attached hydrogens (tertiary/aromatic N) is 2. The molecule has 4 nitrogen and oxygen atoms in total. The van der Waals surface area contributed by atoms with Gasteiger partial charge in [-0.3, -0.25) is 0 Å². The lowest BCUT2D eigenvalue weighted by Crippen LogP contribution is -2.19. The van der Waals surface area contributed by atoms with Crippen LogP contribution >= 0.6 is 23.2 Å². The molecule has 0 unspecified atom stereocenters. The van der Waals surface area contributed by atoms with E-state index in [9.17, 15) is 22.7 Å². The first-order valence-electron chi connectivity index (χ1n) is 45.2. The van der Waals surface area contributed by atoms with E-state index in [1.165, 1.54) is 106 Å². The summed E-state index contributed by atoms with van der Waals surface area (Å²) >= 11 is 12.0.